The maximum absolute atomic E-state index is 9.74. The molecular formula is C16H32O. The first kappa shape index (κ1) is 16.7. The monoisotopic (exact) mass is 240 g/mol. The summed E-state index contributed by atoms with van der Waals surface area (Å²) in [6, 6.07) is 0. The topological polar surface area (TPSA) is 20.2 Å². The Morgan fingerprint density at radius 3 is 2.06 bits per heavy atom. The van der Waals surface area contributed by atoms with Gasteiger partial charge in [-0.1, -0.05) is 39.3 Å². The van der Waals surface area contributed by atoms with Gasteiger partial charge >= 0.3 is 0 Å². The quantitative estimate of drug-likeness (QED) is 0.634. The van der Waals surface area contributed by atoms with Crippen molar-refractivity contribution >= 4 is 0 Å². The van der Waals surface area contributed by atoms with E-state index in [1.165, 1.54) is 18.4 Å². The van der Waals surface area contributed by atoms with Crippen molar-refractivity contribution in [3.8, 4) is 0 Å². The Labute approximate surface area is 108 Å². The highest BCUT2D eigenvalue weighted by molar-refractivity contribution is 4.94. The Bertz CT molecular complexity index is 232. The summed E-state index contributed by atoms with van der Waals surface area (Å²) in [4.78, 5) is 0. The summed E-state index contributed by atoms with van der Waals surface area (Å²) in [7, 11) is 0. The van der Waals surface area contributed by atoms with Gasteiger partial charge in [0.25, 0.3) is 0 Å². The third-order valence-corrected chi connectivity index (χ3v) is 4.06. The lowest BCUT2D eigenvalue weighted by Crippen LogP contribution is -2.27. The zero-order valence-electron chi connectivity index (χ0n) is 12.9. The van der Waals surface area contributed by atoms with Crippen LogP contribution in [0, 0.1) is 17.3 Å². The molecule has 2 unspecified atom stereocenters. The second-order valence-electron chi connectivity index (χ2n) is 6.72. The lowest BCUT2D eigenvalue weighted by molar-refractivity contribution is 0.0528. The van der Waals surface area contributed by atoms with E-state index in [0.717, 1.165) is 18.3 Å². The van der Waals surface area contributed by atoms with Gasteiger partial charge in [0.05, 0.1) is 6.10 Å². The van der Waals surface area contributed by atoms with Crippen LogP contribution in [-0.4, -0.2) is 11.2 Å². The van der Waals surface area contributed by atoms with Crippen LogP contribution >= 0.6 is 0 Å². The van der Waals surface area contributed by atoms with Gasteiger partial charge in [-0.15, -0.1) is 0 Å². The molecule has 17 heavy (non-hydrogen) atoms. The van der Waals surface area contributed by atoms with Gasteiger partial charge in [0.1, 0.15) is 0 Å². The van der Waals surface area contributed by atoms with Crippen molar-refractivity contribution in [1.82, 2.24) is 0 Å². The van der Waals surface area contributed by atoms with E-state index < -0.39 is 0 Å². The molecule has 0 aliphatic carbocycles. The molecule has 0 aromatic carbocycles. The molecule has 102 valence electrons. The van der Waals surface area contributed by atoms with Crippen molar-refractivity contribution < 1.29 is 5.11 Å². The maximum atomic E-state index is 9.74. The average Bonchev–Trinajstić information content (AvgIpc) is 2.16. The minimum Gasteiger partial charge on any atom is -0.393 e. The van der Waals surface area contributed by atoms with E-state index in [4.69, 9.17) is 0 Å². The number of aliphatic hydroxyl groups excluding tert-OH is 1. The van der Waals surface area contributed by atoms with Gasteiger partial charge in [0.15, 0.2) is 0 Å². The molecule has 0 spiro atoms. The molecule has 0 amide bonds. The average molecular weight is 240 g/mol. The fraction of sp³-hybridized carbons (Fsp3) is 0.875. The molecule has 1 heteroatoms. The van der Waals surface area contributed by atoms with Gasteiger partial charge in [0, 0.05) is 0 Å². The molecule has 0 heterocycles. The van der Waals surface area contributed by atoms with Crippen LogP contribution in [0.25, 0.3) is 0 Å². The van der Waals surface area contributed by atoms with Crippen molar-refractivity contribution in [3.05, 3.63) is 11.6 Å². The van der Waals surface area contributed by atoms with E-state index >= 15 is 0 Å². The second kappa shape index (κ2) is 7.20. The molecule has 0 aromatic heterocycles. The summed E-state index contributed by atoms with van der Waals surface area (Å²) in [5.41, 5.74) is 1.45. The number of allylic oxidation sites excluding steroid dienone is 2. The highest BCUT2D eigenvalue weighted by Gasteiger charge is 2.25. The van der Waals surface area contributed by atoms with Gasteiger partial charge in [-0.25, -0.2) is 0 Å². The van der Waals surface area contributed by atoms with Crippen LogP contribution in [0.1, 0.15) is 67.7 Å². The van der Waals surface area contributed by atoms with Gasteiger partial charge in [-0.2, -0.15) is 0 Å². The molecule has 0 saturated carbocycles. The first-order valence-electron chi connectivity index (χ1n) is 6.98. The van der Waals surface area contributed by atoms with Crippen LogP contribution in [0.2, 0.25) is 0 Å². The van der Waals surface area contributed by atoms with Crippen molar-refractivity contribution in [1.29, 1.82) is 0 Å². The number of rotatable bonds is 7. The predicted molar refractivity (Wildman–Crippen MR) is 77.1 cm³/mol. The van der Waals surface area contributed by atoms with Crippen LogP contribution in [0.15, 0.2) is 11.6 Å². The van der Waals surface area contributed by atoms with E-state index in [1.807, 2.05) is 6.92 Å². The summed E-state index contributed by atoms with van der Waals surface area (Å²) in [6.45, 7) is 15.2. The minimum atomic E-state index is -0.223. The van der Waals surface area contributed by atoms with Crippen LogP contribution < -0.4 is 0 Å². The Morgan fingerprint density at radius 1 is 1.18 bits per heavy atom. The summed E-state index contributed by atoms with van der Waals surface area (Å²) in [5.74, 6) is 1.46. The zero-order valence-corrected chi connectivity index (χ0v) is 12.9. The van der Waals surface area contributed by atoms with Crippen LogP contribution in [0.4, 0.5) is 0 Å². The molecule has 0 aliphatic rings. The molecule has 0 aliphatic heterocycles. The SMILES string of the molecule is CC(C)=CCC(CCC(C)(C)C(C)O)C(C)C. The highest BCUT2D eigenvalue weighted by Crippen LogP contribution is 2.32. The predicted octanol–water partition coefficient (Wildman–Crippen LogP) is 4.80. The molecule has 0 radical (unpaired) electrons. The molecule has 0 rings (SSSR count). The molecular weight excluding hydrogens is 208 g/mol. The number of hydrogen-bond acceptors (Lipinski definition) is 1. The van der Waals surface area contributed by atoms with Gasteiger partial charge in [-0.3, -0.25) is 0 Å². The smallest absolute Gasteiger partial charge is 0.0563 e. The van der Waals surface area contributed by atoms with E-state index in [0.29, 0.717) is 0 Å². The van der Waals surface area contributed by atoms with E-state index in [-0.39, 0.29) is 11.5 Å². The summed E-state index contributed by atoms with van der Waals surface area (Å²) < 4.78 is 0. The van der Waals surface area contributed by atoms with Crippen LogP contribution in [-0.2, 0) is 0 Å². The molecule has 0 fully saturated rings. The third kappa shape index (κ3) is 6.88. The standard InChI is InChI=1S/C16H32O/c1-12(2)8-9-15(13(3)4)10-11-16(6,7)14(5)17/h8,13-15,17H,9-11H2,1-7H3. The molecule has 1 N–H and O–H groups in total. The first-order valence-corrected chi connectivity index (χ1v) is 6.98. The van der Waals surface area contributed by atoms with Gasteiger partial charge in [0.2, 0.25) is 0 Å². The van der Waals surface area contributed by atoms with Crippen molar-refractivity contribution in [2.75, 3.05) is 0 Å². The summed E-state index contributed by atoms with van der Waals surface area (Å²) in [6.07, 6.45) is 5.61. The largest absolute Gasteiger partial charge is 0.393 e. The summed E-state index contributed by atoms with van der Waals surface area (Å²) >= 11 is 0. The van der Waals surface area contributed by atoms with Crippen molar-refractivity contribution in [3.63, 3.8) is 0 Å². The highest BCUT2D eigenvalue weighted by atomic mass is 16.3. The fourth-order valence-electron chi connectivity index (χ4n) is 1.88. The number of hydrogen-bond donors (Lipinski definition) is 1. The Balaban J connectivity index is 4.33. The molecule has 0 aromatic rings. The summed E-state index contributed by atoms with van der Waals surface area (Å²) in [5, 5.41) is 9.74. The Morgan fingerprint density at radius 2 is 1.71 bits per heavy atom. The Hall–Kier alpha value is -0.300. The van der Waals surface area contributed by atoms with Crippen LogP contribution in [0.5, 0.6) is 0 Å². The third-order valence-electron chi connectivity index (χ3n) is 4.06. The lowest BCUT2D eigenvalue weighted by Gasteiger charge is -2.31. The van der Waals surface area contributed by atoms with E-state index in [9.17, 15) is 5.11 Å². The second-order valence-corrected chi connectivity index (χ2v) is 6.72. The van der Waals surface area contributed by atoms with E-state index in [2.05, 4.69) is 47.6 Å². The Kier molecular flexibility index (Phi) is 7.08. The lowest BCUT2D eigenvalue weighted by atomic mass is 9.77. The molecule has 1 nitrogen and oxygen atoms in total. The van der Waals surface area contributed by atoms with Crippen LogP contribution in [0.3, 0.4) is 0 Å². The zero-order chi connectivity index (χ0) is 13.6. The normalized spacial score (nSPS) is 15.8. The minimum absolute atomic E-state index is 0.0398. The molecule has 0 bridgehead atoms. The van der Waals surface area contributed by atoms with Gasteiger partial charge in [-0.05, 0) is 57.3 Å². The molecule has 0 saturated heterocycles. The maximum Gasteiger partial charge on any atom is 0.0563 e. The fourth-order valence-corrected chi connectivity index (χ4v) is 1.88. The van der Waals surface area contributed by atoms with E-state index in [1.54, 1.807) is 0 Å². The molecule has 2 atom stereocenters. The van der Waals surface area contributed by atoms with Gasteiger partial charge < -0.3 is 5.11 Å². The van der Waals surface area contributed by atoms with Crippen molar-refractivity contribution in [2.45, 2.75) is 73.8 Å². The number of aliphatic hydroxyl groups is 1. The first-order chi connectivity index (χ1) is 7.66. The van der Waals surface area contributed by atoms with Crippen molar-refractivity contribution in [2.24, 2.45) is 17.3 Å².